The maximum Gasteiger partial charge on any atom is 0.322 e. The molecule has 0 spiro atoms. The molecule has 0 amide bonds. The van der Waals surface area contributed by atoms with Crippen molar-refractivity contribution in [1.29, 1.82) is 0 Å². The molecular formula is C15H21NO5S. The number of carboxylic acid groups (broad SMARTS) is 1. The summed E-state index contributed by atoms with van der Waals surface area (Å²) in [7, 11) is -3.83. The van der Waals surface area contributed by atoms with Gasteiger partial charge in [0, 0.05) is 12.6 Å². The molecule has 0 aromatic heterocycles. The predicted octanol–water partition coefficient (Wildman–Crippen LogP) is 2.10. The lowest BCUT2D eigenvalue weighted by Gasteiger charge is -2.31. The van der Waals surface area contributed by atoms with Crippen LogP contribution in [0.2, 0.25) is 0 Å². The molecule has 1 saturated heterocycles. The number of sulfonamides is 1. The number of piperidine rings is 1. The number of nitrogens with zero attached hydrogens (tertiary/aromatic N) is 1. The second-order valence-electron chi connectivity index (χ2n) is 5.29. The van der Waals surface area contributed by atoms with E-state index >= 15 is 0 Å². The zero-order valence-electron chi connectivity index (χ0n) is 12.6. The second-order valence-corrected chi connectivity index (χ2v) is 7.18. The van der Waals surface area contributed by atoms with E-state index in [1.165, 1.54) is 12.1 Å². The first-order valence-electron chi connectivity index (χ1n) is 7.44. The highest BCUT2D eigenvalue weighted by molar-refractivity contribution is 7.89. The fraction of sp³-hybridized carbons (Fsp3) is 0.533. The quantitative estimate of drug-likeness (QED) is 0.865. The fourth-order valence-electron chi connectivity index (χ4n) is 2.52. The van der Waals surface area contributed by atoms with Crippen LogP contribution in [0.4, 0.5) is 0 Å². The van der Waals surface area contributed by atoms with Crippen molar-refractivity contribution >= 4 is 16.0 Å². The molecule has 1 atom stereocenters. The first kappa shape index (κ1) is 16.8. The van der Waals surface area contributed by atoms with Crippen molar-refractivity contribution in [3.63, 3.8) is 0 Å². The number of ether oxygens (including phenoxy) is 1. The van der Waals surface area contributed by atoms with Gasteiger partial charge in [-0.25, -0.2) is 8.42 Å². The van der Waals surface area contributed by atoms with E-state index in [0.717, 1.165) is 17.1 Å². The maximum absolute atomic E-state index is 12.7. The van der Waals surface area contributed by atoms with E-state index in [9.17, 15) is 18.3 Å². The molecule has 0 bridgehead atoms. The summed E-state index contributed by atoms with van der Waals surface area (Å²) >= 11 is 0. The molecule has 0 saturated carbocycles. The molecule has 2 rings (SSSR count). The second kappa shape index (κ2) is 7.11. The lowest BCUT2D eigenvalue weighted by Crippen LogP contribution is -2.47. The molecule has 1 aliphatic rings. The first-order chi connectivity index (χ1) is 10.5. The summed E-state index contributed by atoms with van der Waals surface area (Å²) in [6.45, 7) is 2.70. The van der Waals surface area contributed by atoms with Crippen molar-refractivity contribution in [3.05, 3.63) is 24.3 Å². The largest absolute Gasteiger partial charge is 0.494 e. The van der Waals surface area contributed by atoms with Gasteiger partial charge < -0.3 is 9.84 Å². The average molecular weight is 327 g/mol. The highest BCUT2D eigenvalue weighted by atomic mass is 32.2. The third-order valence-corrected chi connectivity index (χ3v) is 5.53. The Morgan fingerprint density at radius 1 is 1.41 bits per heavy atom. The van der Waals surface area contributed by atoms with E-state index in [4.69, 9.17) is 4.74 Å². The molecule has 1 aromatic carbocycles. The van der Waals surface area contributed by atoms with Gasteiger partial charge >= 0.3 is 5.97 Å². The van der Waals surface area contributed by atoms with Crippen molar-refractivity contribution in [2.75, 3.05) is 13.2 Å². The summed E-state index contributed by atoms with van der Waals surface area (Å²) in [5.41, 5.74) is 0. The van der Waals surface area contributed by atoms with Crippen LogP contribution < -0.4 is 4.74 Å². The fourth-order valence-corrected chi connectivity index (χ4v) is 4.21. The van der Waals surface area contributed by atoms with Gasteiger partial charge in [0.25, 0.3) is 0 Å². The van der Waals surface area contributed by atoms with Crippen LogP contribution in [0, 0.1) is 0 Å². The molecule has 1 heterocycles. The van der Waals surface area contributed by atoms with Crippen LogP contribution in [-0.4, -0.2) is 43.0 Å². The third-order valence-electron chi connectivity index (χ3n) is 3.62. The number of benzene rings is 1. The van der Waals surface area contributed by atoms with Crippen LogP contribution in [0.5, 0.6) is 5.75 Å². The summed E-state index contributed by atoms with van der Waals surface area (Å²) in [6.07, 6.45) is 2.57. The number of aliphatic carboxylic acids is 1. The minimum Gasteiger partial charge on any atom is -0.494 e. The number of hydrogen-bond acceptors (Lipinski definition) is 4. The van der Waals surface area contributed by atoms with Crippen molar-refractivity contribution < 1.29 is 23.1 Å². The van der Waals surface area contributed by atoms with E-state index in [1.54, 1.807) is 12.1 Å². The summed E-state index contributed by atoms with van der Waals surface area (Å²) in [6, 6.07) is 5.25. The summed E-state index contributed by atoms with van der Waals surface area (Å²) in [4.78, 5) is 11.4. The molecule has 1 aliphatic heterocycles. The van der Waals surface area contributed by atoms with Crippen LogP contribution in [0.25, 0.3) is 0 Å². The van der Waals surface area contributed by atoms with Gasteiger partial charge in [-0.2, -0.15) is 4.31 Å². The van der Waals surface area contributed by atoms with Crippen LogP contribution in [0.3, 0.4) is 0 Å². The van der Waals surface area contributed by atoms with Gasteiger partial charge in [-0.15, -0.1) is 0 Å². The molecule has 122 valence electrons. The molecule has 0 unspecified atom stereocenters. The van der Waals surface area contributed by atoms with Gasteiger partial charge in [-0.1, -0.05) is 13.0 Å². The standard InChI is InChI=1S/C15H21NO5S/c1-2-10-21-12-6-5-7-13(11-12)22(19,20)16-9-4-3-8-14(16)15(17)18/h5-7,11,14H,2-4,8-10H2,1H3,(H,17,18)/t14-/m0/s1. The van der Waals surface area contributed by atoms with Gasteiger partial charge in [0.1, 0.15) is 11.8 Å². The Labute approximate surface area is 130 Å². The van der Waals surface area contributed by atoms with Crippen LogP contribution in [-0.2, 0) is 14.8 Å². The van der Waals surface area contributed by atoms with Crippen molar-refractivity contribution in [1.82, 2.24) is 4.31 Å². The van der Waals surface area contributed by atoms with Gasteiger partial charge in [0.05, 0.1) is 11.5 Å². The van der Waals surface area contributed by atoms with Crippen molar-refractivity contribution in [2.45, 2.75) is 43.5 Å². The number of rotatable bonds is 6. The van der Waals surface area contributed by atoms with Gasteiger partial charge in [-0.3, -0.25) is 4.79 Å². The van der Waals surface area contributed by atoms with Crippen molar-refractivity contribution in [3.8, 4) is 5.75 Å². The van der Waals surface area contributed by atoms with Gasteiger partial charge in [0.2, 0.25) is 10.0 Å². The molecule has 7 heteroatoms. The van der Waals surface area contributed by atoms with Gasteiger partial charge in [0.15, 0.2) is 0 Å². The Morgan fingerprint density at radius 3 is 2.86 bits per heavy atom. The van der Waals surface area contributed by atoms with E-state index in [0.29, 0.717) is 25.2 Å². The lowest BCUT2D eigenvalue weighted by atomic mass is 10.1. The lowest BCUT2D eigenvalue weighted by molar-refractivity contribution is -0.142. The Hall–Kier alpha value is -1.60. The maximum atomic E-state index is 12.7. The zero-order chi connectivity index (χ0) is 16.2. The Balaban J connectivity index is 2.30. The summed E-state index contributed by atoms with van der Waals surface area (Å²) < 4.78 is 32.0. The number of carboxylic acids is 1. The summed E-state index contributed by atoms with van der Waals surface area (Å²) in [5.74, 6) is -0.617. The average Bonchev–Trinajstić information content (AvgIpc) is 2.53. The summed E-state index contributed by atoms with van der Waals surface area (Å²) in [5, 5.41) is 9.26. The molecule has 1 N–H and O–H groups in total. The number of hydrogen-bond donors (Lipinski definition) is 1. The Bertz CT molecular complexity index is 629. The first-order valence-corrected chi connectivity index (χ1v) is 8.88. The minimum atomic E-state index is -3.83. The Morgan fingerprint density at radius 2 is 2.18 bits per heavy atom. The Kier molecular flexibility index (Phi) is 5.42. The van der Waals surface area contributed by atoms with E-state index in [1.807, 2.05) is 6.92 Å². The molecule has 0 radical (unpaired) electrons. The number of carbonyl (C=O) groups is 1. The van der Waals surface area contributed by atoms with Crippen molar-refractivity contribution in [2.24, 2.45) is 0 Å². The molecule has 1 fully saturated rings. The zero-order valence-corrected chi connectivity index (χ0v) is 13.4. The monoisotopic (exact) mass is 327 g/mol. The SMILES string of the molecule is CCCOc1cccc(S(=O)(=O)N2CCCC[C@H]2C(=O)O)c1. The van der Waals surface area contributed by atoms with E-state index in [-0.39, 0.29) is 11.4 Å². The van der Waals surface area contributed by atoms with Crippen LogP contribution in [0.15, 0.2) is 29.2 Å². The predicted molar refractivity (Wildman–Crippen MR) is 81.4 cm³/mol. The topological polar surface area (TPSA) is 83.9 Å². The minimum absolute atomic E-state index is 0.0780. The molecule has 1 aromatic rings. The normalized spacial score (nSPS) is 19.8. The molecular weight excluding hydrogens is 306 g/mol. The third kappa shape index (κ3) is 3.59. The highest BCUT2D eigenvalue weighted by Gasteiger charge is 2.37. The molecule has 6 nitrogen and oxygen atoms in total. The van der Waals surface area contributed by atoms with E-state index < -0.39 is 22.0 Å². The van der Waals surface area contributed by atoms with Crippen LogP contribution >= 0.6 is 0 Å². The van der Waals surface area contributed by atoms with E-state index in [2.05, 4.69) is 0 Å². The highest BCUT2D eigenvalue weighted by Crippen LogP contribution is 2.27. The van der Waals surface area contributed by atoms with Gasteiger partial charge in [-0.05, 0) is 37.8 Å². The molecule has 0 aliphatic carbocycles. The smallest absolute Gasteiger partial charge is 0.322 e. The van der Waals surface area contributed by atoms with Crippen LogP contribution in [0.1, 0.15) is 32.6 Å². The molecule has 22 heavy (non-hydrogen) atoms.